The van der Waals surface area contributed by atoms with Gasteiger partial charge in [0.15, 0.2) is 0 Å². The number of hydrogen-bond acceptors (Lipinski definition) is 4. The Bertz CT molecular complexity index is 731. The molecule has 1 aliphatic carbocycles. The molecule has 0 radical (unpaired) electrons. The standard InChI is InChI=1S/C22H31N3O4/c1-2-29-19-11-7-6-10-18(19)25-15-16(14-21(25)27)22(28)23-13-12-20(26)24-17-8-4-3-5-9-17/h6-7,10-11,16-17H,2-5,8-9,12-15H2,1H3,(H,23,28)(H,24,26). The molecule has 7 nitrogen and oxygen atoms in total. The van der Waals surface area contributed by atoms with Gasteiger partial charge in [0.2, 0.25) is 17.7 Å². The van der Waals surface area contributed by atoms with E-state index in [1.54, 1.807) is 4.90 Å². The summed E-state index contributed by atoms with van der Waals surface area (Å²) in [5.74, 6) is -0.0677. The van der Waals surface area contributed by atoms with Crippen LogP contribution in [-0.4, -0.2) is 43.5 Å². The number of benzene rings is 1. The Morgan fingerprint density at radius 3 is 2.69 bits per heavy atom. The van der Waals surface area contributed by atoms with Gasteiger partial charge in [0, 0.05) is 32.0 Å². The van der Waals surface area contributed by atoms with E-state index >= 15 is 0 Å². The predicted octanol–water partition coefficient (Wildman–Crippen LogP) is 2.39. The van der Waals surface area contributed by atoms with Gasteiger partial charge in [0.1, 0.15) is 5.75 Å². The molecule has 1 atom stereocenters. The molecule has 2 N–H and O–H groups in total. The van der Waals surface area contributed by atoms with Gasteiger partial charge in [-0.05, 0) is 31.9 Å². The number of amides is 3. The van der Waals surface area contributed by atoms with E-state index < -0.39 is 5.92 Å². The van der Waals surface area contributed by atoms with Crippen LogP contribution in [0.25, 0.3) is 0 Å². The van der Waals surface area contributed by atoms with Crippen LogP contribution < -0.4 is 20.3 Å². The van der Waals surface area contributed by atoms with Crippen LogP contribution in [0, 0.1) is 5.92 Å². The highest BCUT2D eigenvalue weighted by atomic mass is 16.5. The zero-order valence-electron chi connectivity index (χ0n) is 17.1. The minimum absolute atomic E-state index is 0.0213. The molecule has 29 heavy (non-hydrogen) atoms. The summed E-state index contributed by atoms with van der Waals surface area (Å²) in [5, 5.41) is 5.86. The van der Waals surface area contributed by atoms with Crippen LogP contribution >= 0.6 is 0 Å². The van der Waals surface area contributed by atoms with Crippen molar-refractivity contribution in [2.75, 3.05) is 24.6 Å². The van der Waals surface area contributed by atoms with Gasteiger partial charge in [-0.15, -0.1) is 0 Å². The summed E-state index contributed by atoms with van der Waals surface area (Å²) in [5.41, 5.74) is 0.696. The van der Waals surface area contributed by atoms with Crippen molar-refractivity contribution in [2.24, 2.45) is 5.92 Å². The fraction of sp³-hybridized carbons (Fsp3) is 0.591. The average Bonchev–Trinajstić information content (AvgIpc) is 3.11. The van der Waals surface area contributed by atoms with E-state index in [9.17, 15) is 14.4 Å². The molecule has 1 aromatic rings. The Morgan fingerprint density at radius 1 is 1.17 bits per heavy atom. The maximum Gasteiger partial charge on any atom is 0.227 e. The highest BCUT2D eigenvalue weighted by molar-refractivity contribution is 6.01. The van der Waals surface area contributed by atoms with Crippen molar-refractivity contribution in [3.8, 4) is 5.75 Å². The first-order valence-corrected chi connectivity index (χ1v) is 10.7. The zero-order valence-corrected chi connectivity index (χ0v) is 17.1. The van der Waals surface area contributed by atoms with Gasteiger partial charge in [-0.3, -0.25) is 14.4 Å². The van der Waals surface area contributed by atoms with Crippen LogP contribution in [-0.2, 0) is 14.4 Å². The molecule has 0 spiro atoms. The molecular formula is C22H31N3O4. The summed E-state index contributed by atoms with van der Waals surface area (Å²) < 4.78 is 5.61. The van der Waals surface area contributed by atoms with E-state index in [2.05, 4.69) is 10.6 Å². The molecule has 3 rings (SSSR count). The van der Waals surface area contributed by atoms with Crippen molar-refractivity contribution in [1.29, 1.82) is 0 Å². The van der Waals surface area contributed by atoms with E-state index in [0.29, 0.717) is 24.6 Å². The normalized spacial score (nSPS) is 19.8. The lowest BCUT2D eigenvalue weighted by Gasteiger charge is -2.22. The molecule has 1 unspecified atom stereocenters. The summed E-state index contributed by atoms with van der Waals surface area (Å²) in [4.78, 5) is 38.7. The second kappa shape index (κ2) is 10.3. The van der Waals surface area contributed by atoms with E-state index in [1.165, 1.54) is 19.3 Å². The predicted molar refractivity (Wildman–Crippen MR) is 111 cm³/mol. The lowest BCUT2D eigenvalue weighted by molar-refractivity contribution is -0.126. The number of hydrogen-bond donors (Lipinski definition) is 2. The number of anilines is 1. The molecule has 0 aromatic heterocycles. The average molecular weight is 402 g/mol. The Hall–Kier alpha value is -2.57. The van der Waals surface area contributed by atoms with Gasteiger partial charge in [-0.2, -0.15) is 0 Å². The first-order chi connectivity index (χ1) is 14.1. The Labute approximate surface area is 172 Å². The third kappa shape index (κ3) is 5.71. The van der Waals surface area contributed by atoms with Gasteiger partial charge >= 0.3 is 0 Å². The van der Waals surface area contributed by atoms with E-state index in [1.807, 2.05) is 31.2 Å². The van der Waals surface area contributed by atoms with Crippen molar-refractivity contribution in [1.82, 2.24) is 10.6 Å². The van der Waals surface area contributed by atoms with Crippen LogP contribution in [0.5, 0.6) is 5.75 Å². The van der Waals surface area contributed by atoms with Gasteiger partial charge in [-0.1, -0.05) is 31.4 Å². The summed E-state index contributed by atoms with van der Waals surface area (Å²) in [6.07, 6.45) is 6.10. The fourth-order valence-corrected chi connectivity index (χ4v) is 4.06. The van der Waals surface area contributed by atoms with Gasteiger partial charge in [0.05, 0.1) is 18.2 Å². The maximum atomic E-state index is 12.5. The number of carbonyl (C=O) groups excluding carboxylic acids is 3. The molecule has 1 saturated heterocycles. The molecule has 2 fully saturated rings. The Balaban J connectivity index is 1.46. The second-order valence-corrected chi connectivity index (χ2v) is 7.75. The quantitative estimate of drug-likeness (QED) is 0.700. The number of para-hydroxylation sites is 2. The first-order valence-electron chi connectivity index (χ1n) is 10.7. The number of nitrogens with one attached hydrogen (secondary N) is 2. The number of rotatable bonds is 8. The van der Waals surface area contributed by atoms with Crippen molar-refractivity contribution in [2.45, 2.75) is 57.9 Å². The Morgan fingerprint density at radius 2 is 1.93 bits per heavy atom. The second-order valence-electron chi connectivity index (χ2n) is 7.75. The van der Waals surface area contributed by atoms with E-state index in [-0.39, 0.29) is 43.1 Å². The smallest absolute Gasteiger partial charge is 0.227 e. The number of carbonyl (C=O) groups is 3. The first kappa shape index (κ1) is 21.1. The summed E-state index contributed by atoms with van der Waals surface area (Å²) >= 11 is 0. The molecule has 1 heterocycles. The molecule has 2 aliphatic rings. The molecule has 3 amide bonds. The zero-order chi connectivity index (χ0) is 20.6. The lowest BCUT2D eigenvalue weighted by atomic mass is 9.95. The van der Waals surface area contributed by atoms with Crippen LogP contribution in [0.1, 0.15) is 51.9 Å². The summed E-state index contributed by atoms with van der Waals surface area (Å²) in [6.45, 7) is 3.01. The van der Waals surface area contributed by atoms with Crippen molar-refractivity contribution in [3.63, 3.8) is 0 Å². The van der Waals surface area contributed by atoms with Gasteiger partial charge in [-0.25, -0.2) is 0 Å². The van der Waals surface area contributed by atoms with Gasteiger partial charge in [0.25, 0.3) is 0 Å². The minimum atomic E-state index is -0.418. The SMILES string of the molecule is CCOc1ccccc1N1CC(C(=O)NCCC(=O)NC2CCCCC2)CC1=O. The van der Waals surface area contributed by atoms with Crippen molar-refractivity contribution in [3.05, 3.63) is 24.3 Å². The summed E-state index contributed by atoms with van der Waals surface area (Å²) in [6, 6.07) is 7.64. The molecule has 7 heteroatoms. The van der Waals surface area contributed by atoms with E-state index in [0.717, 1.165) is 12.8 Å². The highest BCUT2D eigenvalue weighted by Gasteiger charge is 2.36. The van der Waals surface area contributed by atoms with Crippen LogP contribution in [0.15, 0.2) is 24.3 Å². The largest absolute Gasteiger partial charge is 0.492 e. The maximum absolute atomic E-state index is 12.5. The third-order valence-corrected chi connectivity index (χ3v) is 5.57. The van der Waals surface area contributed by atoms with Crippen molar-refractivity contribution >= 4 is 23.4 Å². The molecule has 0 bridgehead atoms. The number of ether oxygens (including phenoxy) is 1. The summed E-state index contributed by atoms with van der Waals surface area (Å²) in [7, 11) is 0. The monoisotopic (exact) mass is 401 g/mol. The molecule has 1 aromatic carbocycles. The van der Waals surface area contributed by atoms with Crippen LogP contribution in [0.2, 0.25) is 0 Å². The molecule has 158 valence electrons. The molecule has 1 saturated carbocycles. The third-order valence-electron chi connectivity index (χ3n) is 5.57. The molecule has 1 aliphatic heterocycles. The fourth-order valence-electron chi connectivity index (χ4n) is 4.06. The van der Waals surface area contributed by atoms with Crippen molar-refractivity contribution < 1.29 is 19.1 Å². The van der Waals surface area contributed by atoms with E-state index in [4.69, 9.17) is 4.74 Å². The van der Waals surface area contributed by atoms with Crippen LogP contribution in [0.4, 0.5) is 5.69 Å². The highest BCUT2D eigenvalue weighted by Crippen LogP contribution is 2.33. The topological polar surface area (TPSA) is 87.7 Å². The van der Waals surface area contributed by atoms with Gasteiger partial charge < -0.3 is 20.3 Å². The minimum Gasteiger partial charge on any atom is -0.492 e. The Kier molecular flexibility index (Phi) is 7.49. The number of nitrogens with zero attached hydrogens (tertiary/aromatic N) is 1. The molecular weight excluding hydrogens is 370 g/mol. The van der Waals surface area contributed by atoms with Crippen LogP contribution in [0.3, 0.4) is 0 Å². The lowest BCUT2D eigenvalue weighted by Crippen LogP contribution is -2.39.